The molecule has 0 bridgehead atoms. The predicted molar refractivity (Wildman–Crippen MR) is 72.8 cm³/mol. The highest BCUT2D eigenvalue weighted by Crippen LogP contribution is 2.10. The molecule has 0 radical (unpaired) electrons. The van der Waals surface area contributed by atoms with Gasteiger partial charge in [-0.05, 0) is 12.0 Å². The van der Waals surface area contributed by atoms with Gasteiger partial charge in [-0.15, -0.1) is 11.3 Å². The van der Waals surface area contributed by atoms with Crippen LogP contribution in [-0.2, 0) is 19.5 Å². The summed E-state index contributed by atoms with van der Waals surface area (Å²) in [5.74, 6) is 0.644. The van der Waals surface area contributed by atoms with Crippen LogP contribution in [0.25, 0.3) is 0 Å². The first-order chi connectivity index (χ1) is 8.81. The number of thiazole rings is 1. The van der Waals surface area contributed by atoms with Gasteiger partial charge in [0.15, 0.2) is 0 Å². The molecule has 0 aliphatic rings. The summed E-state index contributed by atoms with van der Waals surface area (Å²) in [4.78, 5) is 8.67. The maximum atomic E-state index is 5.02. The molecule has 0 saturated carbocycles. The van der Waals surface area contributed by atoms with E-state index < -0.39 is 0 Å². The average Bonchev–Trinajstić information content (AvgIpc) is 2.87. The largest absolute Gasteiger partial charge is 0.481 e. The lowest BCUT2D eigenvalue weighted by molar-refractivity contribution is 0.397. The van der Waals surface area contributed by atoms with Crippen molar-refractivity contribution in [3.8, 4) is 5.88 Å². The minimum absolute atomic E-state index is 0.644. The maximum absolute atomic E-state index is 5.02. The van der Waals surface area contributed by atoms with Crippen LogP contribution in [0, 0.1) is 0 Å². The number of methoxy groups -OCH3 is 1. The molecule has 0 amide bonds. The van der Waals surface area contributed by atoms with Gasteiger partial charge in [-0.25, -0.2) is 9.97 Å². The van der Waals surface area contributed by atoms with Crippen LogP contribution >= 0.6 is 11.3 Å². The van der Waals surface area contributed by atoms with Crippen molar-refractivity contribution in [1.29, 1.82) is 0 Å². The fourth-order valence-corrected chi connectivity index (χ4v) is 2.31. The molecule has 2 aromatic heterocycles. The van der Waals surface area contributed by atoms with Gasteiger partial charge in [-0.3, -0.25) is 0 Å². The number of aromatic nitrogens is 2. The number of rotatable bonds is 6. The van der Waals surface area contributed by atoms with Crippen molar-refractivity contribution in [3.05, 3.63) is 40.0 Å². The number of ether oxygens (including phenoxy) is 1. The van der Waals surface area contributed by atoms with Crippen LogP contribution in [-0.4, -0.2) is 17.1 Å². The van der Waals surface area contributed by atoms with Crippen molar-refractivity contribution >= 4 is 11.3 Å². The Morgan fingerprint density at radius 2 is 2.22 bits per heavy atom. The van der Waals surface area contributed by atoms with Crippen LogP contribution in [0.2, 0.25) is 0 Å². The van der Waals surface area contributed by atoms with Gasteiger partial charge in [0.05, 0.1) is 17.8 Å². The summed E-state index contributed by atoms with van der Waals surface area (Å²) in [6.45, 7) is 3.71. The third-order valence-electron chi connectivity index (χ3n) is 2.54. The smallest absolute Gasteiger partial charge is 0.212 e. The first-order valence-corrected chi connectivity index (χ1v) is 6.82. The molecule has 2 rings (SSSR count). The summed E-state index contributed by atoms with van der Waals surface area (Å²) in [7, 11) is 1.62. The first kappa shape index (κ1) is 13.0. The highest BCUT2D eigenvalue weighted by molar-refractivity contribution is 7.09. The summed E-state index contributed by atoms with van der Waals surface area (Å²) < 4.78 is 5.02. The summed E-state index contributed by atoms with van der Waals surface area (Å²) in [6.07, 6.45) is 2.83. The Kier molecular flexibility index (Phi) is 4.66. The van der Waals surface area contributed by atoms with E-state index in [1.807, 2.05) is 18.3 Å². The van der Waals surface area contributed by atoms with E-state index >= 15 is 0 Å². The molecule has 0 atom stereocenters. The van der Waals surface area contributed by atoms with Crippen LogP contribution in [0.15, 0.2) is 23.7 Å². The minimum Gasteiger partial charge on any atom is -0.481 e. The predicted octanol–water partition coefficient (Wildman–Crippen LogP) is 2.40. The number of nitrogens with zero attached hydrogens (tertiary/aromatic N) is 2. The Hall–Kier alpha value is -1.46. The summed E-state index contributed by atoms with van der Waals surface area (Å²) in [6, 6.07) is 3.88. The van der Waals surface area contributed by atoms with E-state index in [4.69, 9.17) is 4.74 Å². The third-order valence-corrected chi connectivity index (χ3v) is 3.59. The molecule has 0 aromatic carbocycles. The molecule has 18 heavy (non-hydrogen) atoms. The highest BCUT2D eigenvalue weighted by atomic mass is 32.1. The van der Waals surface area contributed by atoms with Gasteiger partial charge in [0.1, 0.15) is 0 Å². The Morgan fingerprint density at radius 1 is 1.33 bits per heavy atom. The minimum atomic E-state index is 0.644. The lowest BCUT2D eigenvalue weighted by Crippen LogP contribution is -2.13. The Morgan fingerprint density at radius 3 is 2.83 bits per heavy atom. The molecule has 1 N–H and O–H groups in total. The Labute approximate surface area is 111 Å². The van der Waals surface area contributed by atoms with Gasteiger partial charge in [0.25, 0.3) is 0 Å². The van der Waals surface area contributed by atoms with Gasteiger partial charge in [-0.2, -0.15) is 0 Å². The summed E-state index contributed by atoms with van der Waals surface area (Å²) >= 11 is 1.72. The molecule has 0 saturated heterocycles. The Bertz CT molecular complexity index is 481. The van der Waals surface area contributed by atoms with Gasteiger partial charge in [0.2, 0.25) is 5.88 Å². The normalized spacial score (nSPS) is 10.6. The van der Waals surface area contributed by atoms with Crippen molar-refractivity contribution in [2.75, 3.05) is 7.11 Å². The first-order valence-electron chi connectivity index (χ1n) is 5.94. The average molecular weight is 263 g/mol. The second-order valence-corrected chi connectivity index (χ2v) is 4.84. The van der Waals surface area contributed by atoms with Crippen LogP contribution in [0.4, 0.5) is 0 Å². The highest BCUT2D eigenvalue weighted by Gasteiger charge is 2.00. The fourth-order valence-electron chi connectivity index (χ4n) is 1.56. The zero-order chi connectivity index (χ0) is 12.8. The van der Waals surface area contributed by atoms with Gasteiger partial charge < -0.3 is 10.1 Å². The lowest BCUT2D eigenvalue weighted by Gasteiger charge is -2.03. The van der Waals surface area contributed by atoms with E-state index in [1.54, 1.807) is 18.4 Å². The molecule has 4 nitrogen and oxygen atoms in total. The van der Waals surface area contributed by atoms with E-state index in [-0.39, 0.29) is 0 Å². The van der Waals surface area contributed by atoms with Crippen molar-refractivity contribution in [3.63, 3.8) is 0 Å². The van der Waals surface area contributed by atoms with E-state index in [0.717, 1.165) is 30.8 Å². The topological polar surface area (TPSA) is 47.0 Å². The lowest BCUT2D eigenvalue weighted by atomic mass is 10.3. The van der Waals surface area contributed by atoms with Crippen molar-refractivity contribution in [2.24, 2.45) is 0 Å². The monoisotopic (exact) mass is 263 g/mol. The SMILES string of the molecule is CCc1nc(CNCc2ccc(OC)nc2)cs1. The molecule has 0 aliphatic heterocycles. The van der Waals surface area contributed by atoms with Crippen LogP contribution in [0.3, 0.4) is 0 Å². The molecule has 0 aliphatic carbocycles. The Balaban J connectivity index is 1.80. The van der Waals surface area contributed by atoms with Gasteiger partial charge in [-0.1, -0.05) is 13.0 Å². The van der Waals surface area contributed by atoms with Crippen molar-refractivity contribution in [1.82, 2.24) is 15.3 Å². The third kappa shape index (κ3) is 3.51. The van der Waals surface area contributed by atoms with E-state index in [1.165, 1.54) is 5.01 Å². The fraction of sp³-hybridized carbons (Fsp3) is 0.385. The maximum Gasteiger partial charge on any atom is 0.212 e. The molecule has 2 aromatic rings. The quantitative estimate of drug-likeness (QED) is 0.869. The molecule has 0 spiro atoms. The molecule has 5 heteroatoms. The van der Waals surface area contributed by atoms with E-state index in [2.05, 4.69) is 27.6 Å². The zero-order valence-corrected chi connectivity index (χ0v) is 11.5. The molecule has 0 unspecified atom stereocenters. The zero-order valence-electron chi connectivity index (χ0n) is 10.6. The number of nitrogens with one attached hydrogen (secondary N) is 1. The molecule has 2 heterocycles. The van der Waals surface area contributed by atoms with Gasteiger partial charge >= 0.3 is 0 Å². The molecular formula is C13H17N3OS. The second-order valence-electron chi connectivity index (χ2n) is 3.90. The molecule has 96 valence electrons. The number of hydrogen-bond donors (Lipinski definition) is 1. The summed E-state index contributed by atoms with van der Waals surface area (Å²) in [5.41, 5.74) is 2.25. The molecular weight excluding hydrogens is 246 g/mol. The van der Waals surface area contributed by atoms with E-state index in [0.29, 0.717) is 5.88 Å². The van der Waals surface area contributed by atoms with Crippen LogP contribution < -0.4 is 10.1 Å². The van der Waals surface area contributed by atoms with Crippen molar-refractivity contribution < 1.29 is 4.74 Å². The van der Waals surface area contributed by atoms with Crippen LogP contribution in [0.1, 0.15) is 23.2 Å². The van der Waals surface area contributed by atoms with E-state index in [9.17, 15) is 0 Å². The summed E-state index contributed by atoms with van der Waals surface area (Å²) in [5, 5.41) is 6.66. The number of hydrogen-bond acceptors (Lipinski definition) is 5. The standard InChI is InChI=1S/C13H17N3OS/c1-3-13-16-11(9-18-13)8-14-6-10-4-5-12(17-2)15-7-10/h4-5,7,9,14H,3,6,8H2,1-2H3. The van der Waals surface area contributed by atoms with Crippen LogP contribution in [0.5, 0.6) is 5.88 Å². The second kappa shape index (κ2) is 6.47. The van der Waals surface area contributed by atoms with Gasteiger partial charge in [0, 0.05) is 30.7 Å². The number of pyridine rings is 1. The van der Waals surface area contributed by atoms with Crippen molar-refractivity contribution in [2.45, 2.75) is 26.4 Å². The number of aryl methyl sites for hydroxylation is 1. The molecule has 0 fully saturated rings.